The van der Waals surface area contributed by atoms with Crippen LogP contribution in [0.2, 0.25) is 0 Å². The first-order chi connectivity index (χ1) is 2.89. The number of nitrogens with zero attached hydrogens (tertiary/aromatic N) is 3. The van der Waals surface area contributed by atoms with Crippen molar-refractivity contribution in [1.82, 2.24) is 14.9 Å². The monoisotopic (exact) mass is 298 g/mol. The Morgan fingerprint density at radius 1 is 1.11 bits per heavy atom. The van der Waals surface area contributed by atoms with Crippen LogP contribution < -0.4 is 39.8 Å². The smallest absolute Gasteiger partial charge is 1.00 e. The van der Waals surface area contributed by atoms with E-state index in [1.54, 1.807) is 0 Å². The first kappa shape index (κ1) is 16.2. The van der Waals surface area contributed by atoms with Crippen molar-refractivity contribution in [3.63, 3.8) is 0 Å². The molecule has 0 radical (unpaired) electrons. The van der Waals surface area contributed by atoms with Gasteiger partial charge < -0.3 is 39.8 Å². The second kappa shape index (κ2) is 8.42. The second-order valence-electron chi connectivity index (χ2n) is 0.909. The van der Waals surface area contributed by atoms with Crippen LogP contribution in [0.3, 0.4) is 0 Å². The van der Waals surface area contributed by atoms with Crippen LogP contribution in [0.25, 0.3) is 0 Å². The number of nitrogen functional groups attached to an aromatic ring is 1. The Labute approximate surface area is 84.2 Å². The van der Waals surface area contributed by atoms with Gasteiger partial charge in [-0.25, -0.2) is 4.68 Å². The van der Waals surface area contributed by atoms with Crippen LogP contribution >= 0.6 is 0 Å². The fourth-order valence-corrected chi connectivity index (χ4v) is 0.209. The quantitative estimate of drug-likeness (QED) is 0.383. The average Bonchev–Trinajstić information content (AvgIpc) is 1.86. The average molecular weight is 300 g/mol. The Kier molecular flexibility index (Phi) is 15.2. The van der Waals surface area contributed by atoms with Crippen LogP contribution in [0.5, 0.6) is 0 Å². The van der Waals surface area contributed by atoms with Crippen molar-refractivity contribution >= 4 is 0 Å². The van der Waals surface area contributed by atoms with E-state index in [9.17, 15) is 0 Å². The van der Waals surface area contributed by atoms with E-state index in [-0.39, 0.29) is 51.0 Å². The summed E-state index contributed by atoms with van der Waals surface area (Å²) in [6.07, 6.45) is 2.83. The molecule has 0 aromatic carbocycles. The number of aromatic nitrogens is 3. The van der Waals surface area contributed by atoms with Crippen molar-refractivity contribution in [2.45, 2.75) is 0 Å². The maximum Gasteiger partial charge on any atom is 2.00 e. The van der Waals surface area contributed by atoms with E-state index < -0.39 is 0 Å². The maximum absolute atomic E-state index is 5.07. The fourth-order valence-electron chi connectivity index (χ4n) is 0.209. The van der Waals surface area contributed by atoms with Crippen LogP contribution in [0.15, 0.2) is 12.7 Å². The van der Waals surface area contributed by atoms with Crippen LogP contribution in [0, 0.1) is 0 Å². The Hall–Kier alpha value is 0.419. The summed E-state index contributed by atoms with van der Waals surface area (Å²) in [5, 5.41) is 6.82. The number of halogens is 2. The third-order valence-corrected chi connectivity index (χ3v) is 0.437. The Morgan fingerprint density at radius 3 is 1.56 bits per heavy atom. The summed E-state index contributed by atoms with van der Waals surface area (Å²) in [6, 6.07) is 0. The zero-order chi connectivity index (χ0) is 4.41. The van der Waals surface area contributed by atoms with Crippen LogP contribution in [-0.2, 0) is 17.1 Å². The molecule has 54 valence electrons. The molecule has 0 aliphatic carbocycles. The minimum absolute atomic E-state index is 0. The van der Waals surface area contributed by atoms with E-state index in [1.165, 1.54) is 17.3 Å². The summed E-state index contributed by atoms with van der Waals surface area (Å²) < 4.78 is 1.28. The number of nitrogens with two attached hydrogens (primary N) is 1. The molecule has 0 aliphatic heterocycles. The van der Waals surface area contributed by atoms with Gasteiger partial charge in [0.1, 0.15) is 12.7 Å². The number of hydrogen-bond acceptors (Lipinski definition) is 3. The molecule has 0 spiro atoms. The van der Waals surface area contributed by atoms with Gasteiger partial charge in [-0.2, -0.15) is 0 Å². The second-order valence-corrected chi connectivity index (χ2v) is 0.909. The summed E-state index contributed by atoms with van der Waals surface area (Å²) in [5.74, 6) is 5.07. The van der Waals surface area contributed by atoms with Crippen LogP contribution in [-0.4, -0.2) is 14.9 Å². The SMILES string of the molecule is Nn1cnnc1.[Br-].[Br-].[Fe+2]. The van der Waals surface area contributed by atoms with Crippen molar-refractivity contribution in [3.05, 3.63) is 12.7 Å². The summed E-state index contributed by atoms with van der Waals surface area (Å²) in [6.45, 7) is 0. The molecule has 0 atom stereocenters. The van der Waals surface area contributed by atoms with Gasteiger partial charge in [-0.05, 0) is 0 Å². The predicted octanol–water partition coefficient (Wildman–Crippen LogP) is -7.00. The minimum Gasteiger partial charge on any atom is -1.00 e. The number of hydrogen-bond donors (Lipinski definition) is 1. The topological polar surface area (TPSA) is 56.7 Å². The zero-order valence-corrected chi connectivity index (χ0v) is 8.46. The van der Waals surface area contributed by atoms with Crippen molar-refractivity contribution in [1.29, 1.82) is 0 Å². The molecule has 0 bridgehead atoms. The molecule has 1 heterocycles. The fraction of sp³-hybridized carbons (Fsp3) is 0. The Bertz CT molecular complexity index is 120. The third kappa shape index (κ3) is 6.30. The Morgan fingerprint density at radius 2 is 1.44 bits per heavy atom. The summed E-state index contributed by atoms with van der Waals surface area (Å²) in [4.78, 5) is 0. The van der Waals surface area contributed by atoms with E-state index in [4.69, 9.17) is 5.84 Å². The molecule has 0 amide bonds. The number of rotatable bonds is 0. The van der Waals surface area contributed by atoms with Gasteiger partial charge in [-0.1, -0.05) is 0 Å². The van der Waals surface area contributed by atoms with Gasteiger partial charge in [0.2, 0.25) is 0 Å². The van der Waals surface area contributed by atoms with Crippen molar-refractivity contribution < 1.29 is 51.0 Å². The molecule has 7 heteroatoms. The molecule has 0 unspecified atom stereocenters. The molecular formula is C2H4Br2FeN4. The van der Waals surface area contributed by atoms with E-state index >= 15 is 0 Å². The van der Waals surface area contributed by atoms with Gasteiger partial charge >= 0.3 is 17.1 Å². The summed E-state index contributed by atoms with van der Waals surface area (Å²) in [7, 11) is 0. The van der Waals surface area contributed by atoms with Gasteiger partial charge in [0.25, 0.3) is 0 Å². The van der Waals surface area contributed by atoms with Crippen molar-refractivity contribution in [2.75, 3.05) is 5.84 Å². The van der Waals surface area contributed by atoms with Crippen LogP contribution in [0.1, 0.15) is 0 Å². The van der Waals surface area contributed by atoms with E-state index in [0.29, 0.717) is 0 Å². The standard InChI is InChI=1S/C2H4N4.2BrH.Fe/c3-6-1-4-5-2-6;;;/h1-2H,3H2;2*1H;/q;;;+2/p-2. The van der Waals surface area contributed by atoms with Gasteiger partial charge in [0.05, 0.1) is 0 Å². The van der Waals surface area contributed by atoms with E-state index in [1.807, 2.05) is 0 Å². The molecule has 1 rings (SSSR count). The van der Waals surface area contributed by atoms with E-state index in [2.05, 4.69) is 10.2 Å². The Balaban J connectivity index is -0.000000120. The van der Waals surface area contributed by atoms with Gasteiger partial charge in [0.15, 0.2) is 0 Å². The normalized spacial score (nSPS) is 5.78. The zero-order valence-electron chi connectivity index (χ0n) is 4.18. The molecule has 9 heavy (non-hydrogen) atoms. The molecule has 0 saturated carbocycles. The first-order valence-electron chi connectivity index (χ1n) is 1.49. The first-order valence-corrected chi connectivity index (χ1v) is 1.49. The predicted molar refractivity (Wildman–Crippen MR) is 20.2 cm³/mol. The van der Waals surface area contributed by atoms with E-state index in [0.717, 1.165) is 0 Å². The molecular weight excluding hydrogens is 296 g/mol. The van der Waals surface area contributed by atoms with Crippen molar-refractivity contribution in [2.24, 2.45) is 0 Å². The van der Waals surface area contributed by atoms with Crippen molar-refractivity contribution in [3.8, 4) is 0 Å². The molecule has 0 fully saturated rings. The molecule has 4 nitrogen and oxygen atoms in total. The molecule has 0 saturated heterocycles. The summed E-state index contributed by atoms with van der Waals surface area (Å²) >= 11 is 0. The third-order valence-electron chi connectivity index (χ3n) is 0.437. The van der Waals surface area contributed by atoms with Gasteiger partial charge in [-0.15, -0.1) is 10.2 Å². The maximum atomic E-state index is 5.07. The largest absolute Gasteiger partial charge is 2.00 e. The van der Waals surface area contributed by atoms with Gasteiger partial charge in [-0.3, -0.25) is 0 Å². The molecule has 2 N–H and O–H groups in total. The molecule has 0 aliphatic rings. The minimum atomic E-state index is 0. The summed E-state index contributed by atoms with van der Waals surface area (Å²) in [5.41, 5.74) is 0. The molecule has 1 aromatic heterocycles. The molecule has 1 aromatic rings. The van der Waals surface area contributed by atoms with Gasteiger partial charge in [0, 0.05) is 0 Å². The van der Waals surface area contributed by atoms with Crippen LogP contribution in [0.4, 0.5) is 0 Å².